The fourth-order valence-electron chi connectivity index (χ4n) is 2.63. The van der Waals surface area contributed by atoms with Crippen LogP contribution in [0.1, 0.15) is 0 Å². The zero-order chi connectivity index (χ0) is 18.9. The van der Waals surface area contributed by atoms with Gasteiger partial charge in [-0.15, -0.1) is 0 Å². The Hall–Kier alpha value is -3.09. The molecule has 0 bridgehead atoms. The maximum atomic E-state index is 8.65. The normalized spacial score (nSPS) is 10.1. The topological polar surface area (TPSA) is 40.5 Å². The van der Waals surface area contributed by atoms with E-state index in [0.717, 1.165) is 0 Å². The molecule has 0 heterocycles. The highest BCUT2D eigenvalue weighted by atomic mass is 31.1. The molecule has 0 saturated carbocycles. The van der Waals surface area contributed by atoms with Crippen LogP contribution >= 0.6 is 7.92 Å². The fraction of sp³-hybridized carbons (Fsp3) is 0. The molecule has 0 aromatic heterocycles. The summed E-state index contributed by atoms with van der Waals surface area (Å²) in [6.07, 6.45) is 0. The third-order valence-electron chi connectivity index (χ3n) is 3.89. The zero-order valence-electron chi connectivity index (χ0n) is 14.8. The molecule has 0 saturated heterocycles. The maximum absolute atomic E-state index is 8.65. The van der Waals surface area contributed by atoms with Crippen molar-refractivity contribution in [2.45, 2.75) is 0 Å². The Morgan fingerprint density at radius 2 is 0.630 bits per heavy atom. The summed E-state index contributed by atoms with van der Waals surface area (Å²) in [5.41, 5.74) is 0. The molecule has 0 aliphatic heterocycles. The summed E-state index contributed by atoms with van der Waals surface area (Å²) in [4.78, 5) is 0. The van der Waals surface area contributed by atoms with Crippen LogP contribution in [0.15, 0.2) is 115 Å². The average molecular weight is 372 g/mol. The molecule has 3 heteroatoms. The summed E-state index contributed by atoms with van der Waals surface area (Å²) in [6.45, 7) is 0. The van der Waals surface area contributed by atoms with E-state index in [4.69, 9.17) is 10.2 Å². The third kappa shape index (κ3) is 5.44. The molecule has 0 atom stereocenters. The van der Waals surface area contributed by atoms with Crippen molar-refractivity contribution in [1.29, 1.82) is 0 Å². The number of rotatable bonds is 3. The molecule has 134 valence electrons. The van der Waals surface area contributed by atoms with Crippen LogP contribution in [-0.2, 0) is 0 Å². The van der Waals surface area contributed by atoms with Gasteiger partial charge in [0.05, 0.1) is 0 Å². The Labute approximate surface area is 161 Å². The smallest absolute Gasteiger partial charge is 0.115 e. The van der Waals surface area contributed by atoms with Crippen molar-refractivity contribution < 1.29 is 10.2 Å². The quantitative estimate of drug-likeness (QED) is 0.409. The second-order valence-corrected chi connectivity index (χ2v) is 8.08. The van der Waals surface area contributed by atoms with E-state index in [1.807, 2.05) is 0 Å². The molecule has 0 radical (unpaired) electrons. The number of phenolic OH excluding ortho intramolecular Hbond substituents is 2. The lowest BCUT2D eigenvalue weighted by Crippen LogP contribution is -2.20. The highest BCUT2D eigenvalue weighted by Gasteiger charge is 2.14. The van der Waals surface area contributed by atoms with Crippen LogP contribution in [0.5, 0.6) is 11.5 Å². The van der Waals surface area contributed by atoms with Gasteiger partial charge in [-0.1, -0.05) is 91.0 Å². The first kappa shape index (κ1) is 18.7. The van der Waals surface area contributed by atoms with E-state index in [9.17, 15) is 0 Å². The Morgan fingerprint density at radius 3 is 0.889 bits per heavy atom. The molecule has 0 aliphatic rings. The van der Waals surface area contributed by atoms with E-state index in [2.05, 4.69) is 91.0 Å². The van der Waals surface area contributed by atoms with Gasteiger partial charge in [0.25, 0.3) is 0 Å². The standard InChI is InChI=1S/C18H15P.C6H6O2/c1-4-10-16(11-5-1)19(17-12-6-2-7-13-17)18-14-8-3-9-15-18;7-5-1-2-6(8)4-3-5/h1-15H;1-4,7-8H. The summed E-state index contributed by atoms with van der Waals surface area (Å²) in [5.74, 6) is 0.339. The molecule has 0 fully saturated rings. The van der Waals surface area contributed by atoms with E-state index in [1.54, 1.807) is 0 Å². The molecule has 27 heavy (non-hydrogen) atoms. The molecule has 4 rings (SSSR count). The van der Waals surface area contributed by atoms with Gasteiger partial charge in [0.2, 0.25) is 0 Å². The average Bonchev–Trinajstić information content (AvgIpc) is 2.73. The molecule has 0 unspecified atom stereocenters. The summed E-state index contributed by atoms with van der Waals surface area (Å²) in [7, 11) is -0.446. The summed E-state index contributed by atoms with van der Waals surface area (Å²) >= 11 is 0. The van der Waals surface area contributed by atoms with Crippen molar-refractivity contribution in [1.82, 2.24) is 0 Å². The molecule has 0 amide bonds. The number of benzene rings is 4. The van der Waals surface area contributed by atoms with E-state index in [-0.39, 0.29) is 11.5 Å². The summed E-state index contributed by atoms with van der Waals surface area (Å²) in [5, 5.41) is 21.5. The first-order valence-corrected chi connectivity index (χ1v) is 10.0. The second kappa shape index (κ2) is 9.56. The van der Waals surface area contributed by atoms with E-state index in [0.29, 0.717) is 0 Å². The minimum Gasteiger partial charge on any atom is -0.508 e. The van der Waals surface area contributed by atoms with Gasteiger partial charge in [0.15, 0.2) is 0 Å². The highest BCUT2D eigenvalue weighted by molar-refractivity contribution is 7.79. The molecule has 0 aliphatic carbocycles. The molecular weight excluding hydrogens is 351 g/mol. The van der Waals surface area contributed by atoms with Crippen LogP contribution in [-0.4, -0.2) is 10.2 Å². The van der Waals surface area contributed by atoms with Gasteiger partial charge < -0.3 is 10.2 Å². The second-order valence-electron chi connectivity index (χ2n) is 5.86. The molecular formula is C24H21O2P. The van der Waals surface area contributed by atoms with Crippen LogP contribution in [0.25, 0.3) is 0 Å². The van der Waals surface area contributed by atoms with E-state index >= 15 is 0 Å². The largest absolute Gasteiger partial charge is 0.508 e. The molecule has 2 N–H and O–H groups in total. The zero-order valence-corrected chi connectivity index (χ0v) is 15.7. The molecule has 0 spiro atoms. The molecule has 2 nitrogen and oxygen atoms in total. The maximum Gasteiger partial charge on any atom is 0.115 e. The van der Waals surface area contributed by atoms with Crippen molar-refractivity contribution in [3.8, 4) is 11.5 Å². The minimum atomic E-state index is -0.446. The SMILES string of the molecule is Oc1ccc(O)cc1.c1ccc(P(c2ccccc2)c2ccccc2)cc1. The number of hydrogen-bond acceptors (Lipinski definition) is 2. The lowest BCUT2D eigenvalue weighted by Gasteiger charge is -2.18. The van der Waals surface area contributed by atoms with Crippen LogP contribution in [0.4, 0.5) is 0 Å². The highest BCUT2D eigenvalue weighted by Crippen LogP contribution is 2.32. The number of hydrogen-bond donors (Lipinski definition) is 2. The van der Waals surface area contributed by atoms with Crippen molar-refractivity contribution in [3.05, 3.63) is 115 Å². The van der Waals surface area contributed by atoms with Gasteiger partial charge in [-0.2, -0.15) is 0 Å². The van der Waals surface area contributed by atoms with Gasteiger partial charge in [0, 0.05) is 0 Å². The number of phenols is 2. The predicted octanol–water partition coefficient (Wildman–Crippen LogP) is 4.54. The minimum absolute atomic E-state index is 0.169. The van der Waals surface area contributed by atoms with Crippen LogP contribution in [0.2, 0.25) is 0 Å². The molecule has 4 aromatic carbocycles. The van der Waals surface area contributed by atoms with Gasteiger partial charge in [-0.3, -0.25) is 0 Å². The van der Waals surface area contributed by atoms with Gasteiger partial charge in [-0.05, 0) is 48.1 Å². The lowest BCUT2D eigenvalue weighted by atomic mass is 10.3. The predicted molar refractivity (Wildman–Crippen MR) is 115 cm³/mol. The van der Waals surface area contributed by atoms with Gasteiger partial charge in [-0.25, -0.2) is 0 Å². The van der Waals surface area contributed by atoms with E-state index in [1.165, 1.54) is 40.2 Å². The van der Waals surface area contributed by atoms with Gasteiger partial charge in [0.1, 0.15) is 11.5 Å². The third-order valence-corrected chi connectivity index (χ3v) is 6.34. The first-order valence-electron chi connectivity index (χ1n) is 8.67. The fourth-order valence-corrected chi connectivity index (χ4v) is 4.94. The van der Waals surface area contributed by atoms with Crippen LogP contribution in [0, 0.1) is 0 Å². The Morgan fingerprint density at radius 1 is 0.370 bits per heavy atom. The monoisotopic (exact) mass is 372 g/mol. The van der Waals surface area contributed by atoms with Crippen molar-refractivity contribution in [2.75, 3.05) is 0 Å². The van der Waals surface area contributed by atoms with Crippen LogP contribution < -0.4 is 15.9 Å². The Balaban J connectivity index is 0.000000221. The summed E-state index contributed by atoms with van der Waals surface area (Å²) in [6, 6.07) is 38.0. The van der Waals surface area contributed by atoms with E-state index < -0.39 is 7.92 Å². The number of aromatic hydroxyl groups is 2. The lowest BCUT2D eigenvalue weighted by molar-refractivity contribution is 0.460. The van der Waals surface area contributed by atoms with Crippen LogP contribution in [0.3, 0.4) is 0 Å². The van der Waals surface area contributed by atoms with Gasteiger partial charge >= 0.3 is 0 Å². The molecule has 4 aromatic rings. The first-order chi connectivity index (χ1) is 13.2. The summed E-state index contributed by atoms with van der Waals surface area (Å²) < 4.78 is 0. The Bertz CT molecular complexity index is 809. The van der Waals surface area contributed by atoms with Crippen molar-refractivity contribution >= 4 is 23.8 Å². The van der Waals surface area contributed by atoms with Crippen molar-refractivity contribution in [2.24, 2.45) is 0 Å². The Kier molecular flexibility index (Phi) is 6.62. The van der Waals surface area contributed by atoms with Crippen molar-refractivity contribution in [3.63, 3.8) is 0 Å².